The minimum Gasteiger partial charge on any atom is -0.337 e. The van der Waals surface area contributed by atoms with Crippen molar-refractivity contribution in [3.8, 4) is 5.69 Å². The van der Waals surface area contributed by atoms with Gasteiger partial charge in [-0.2, -0.15) is 4.57 Å². The predicted molar refractivity (Wildman–Crippen MR) is 145 cm³/mol. The van der Waals surface area contributed by atoms with Crippen molar-refractivity contribution >= 4 is 61.4 Å². The van der Waals surface area contributed by atoms with E-state index in [0.29, 0.717) is 0 Å². The molecule has 0 saturated heterocycles. The Morgan fingerprint density at radius 3 is 2.44 bits per heavy atom. The van der Waals surface area contributed by atoms with Gasteiger partial charge in [-0.15, -0.1) is 11.3 Å². The fourth-order valence-corrected chi connectivity index (χ4v) is 7.97. The van der Waals surface area contributed by atoms with Crippen molar-refractivity contribution < 1.29 is 4.57 Å². The molecule has 34 heavy (non-hydrogen) atoms. The number of hydrogen-bond acceptors (Lipinski definition) is 5. The lowest BCUT2D eigenvalue weighted by atomic mass is 10.3. The highest BCUT2D eigenvalue weighted by molar-refractivity contribution is 8.08. The molecule has 0 radical (unpaired) electrons. The van der Waals surface area contributed by atoms with Gasteiger partial charge in [-0.3, -0.25) is 9.36 Å². The lowest BCUT2D eigenvalue weighted by Crippen LogP contribution is -2.35. The van der Waals surface area contributed by atoms with Gasteiger partial charge < -0.3 is 4.90 Å². The van der Waals surface area contributed by atoms with Crippen LogP contribution in [0.5, 0.6) is 0 Å². The molecular weight excluding hydrogens is 479 g/mol. The maximum atomic E-state index is 13.9. The normalized spacial score (nSPS) is 15.4. The summed E-state index contributed by atoms with van der Waals surface area (Å²) in [6.07, 6.45) is 2.17. The third-order valence-corrected chi connectivity index (χ3v) is 9.53. The quantitative estimate of drug-likeness (QED) is 0.340. The largest absolute Gasteiger partial charge is 0.337 e. The molecule has 0 unspecified atom stereocenters. The van der Waals surface area contributed by atoms with Crippen LogP contribution >= 0.6 is 34.4 Å². The average molecular weight is 501 g/mol. The van der Waals surface area contributed by atoms with Crippen molar-refractivity contribution in [2.45, 2.75) is 18.4 Å². The van der Waals surface area contributed by atoms with E-state index in [1.54, 1.807) is 34.4 Å². The van der Waals surface area contributed by atoms with Crippen LogP contribution in [0.3, 0.4) is 0 Å². The molecule has 0 N–H and O–H groups in total. The second-order valence-corrected chi connectivity index (χ2v) is 11.1. The average Bonchev–Trinajstić information content (AvgIpc) is 3.50. The molecule has 168 valence electrons. The fourth-order valence-electron chi connectivity index (χ4n) is 4.34. The van der Waals surface area contributed by atoms with Crippen molar-refractivity contribution in [3.05, 3.63) is 103 Å². The molecule has 0 aliphatic carbocycles. The van der Waals surface area contributed by atoms with Crippen LogP contribution in [0, 0.1) is 0 Å². The molecule has 1 aliphatic rings. The predicted octanol–water partition coefficient (Wildman–Crippen LogP) is 4.56. The van der Waals surface area contributed by atoms with E-state index in [4.69, 9.17) is 0 Å². The zero-order chi connectivity index (χ0) is 23.2. The first-order chi connectivity index (χ1) is 16.7. The minimum atomic E-state index is 0.0220. The maximum Gasteiger partial charge on any atom is 0.276 e. The van der Waals surface area contributed by atoms with Gasteiger partial charge in [-0.25, -0.2) is 0 Å². The Balaban J connectivity index is 1.65. The van der Waals surface area contributed by atoms with Gasteiger partial charge in [-0.1, -0.05) is 65.6 Å². The summed E-state index contributed by atoms with van der Waals surface area (Å²) in [7, 11) is 2.04. The van der Waals surface area contributed by atoms with Gasteiger partial charge in [0.05, 0.1) is 17.5 Å². The fraction of sp³-hybridized carbons (Fsp3) is 0.111. The first kappa shape index (κ1) is 21.4. The third-order valence-electron chi connectivity index (χ3n) is 5.97. The van der Waals surface area contributed by atoms with E-state index in [1.807, 2.05) is 54.1 Å². The van der Waals surface area contributed by atoms with Crippen LogP contribution in [0.25, 0.3) is 27.0 Å². The first-order valence-electron chi connectivity index (χ1n) is 11.1. The molecular formula is C27H22N3OS3+. The van der Waals surface area contributed by atoms with E-state index in [9.17, 15) is 4.79 Å². The Kier molecular flexibility index (Phi) is 5.40. The van der Waals surface area contributed by atoms with Crippen LogP contribution in [0.15, 0.2) is 88.6 Å². The van der Waals surface area contributed by atoms with Gasteiger partial charge in [-0.05, 0) is 37.3 Å². The number of nitrogens with zero attached hydrogens (tertiary/aromatic N) is 3. The first-order valence-corrected chi connectivity index (χ1v) is 13.6. The Morgan fingerprint density at radius 1 is 0.912 bits per heavy atom. The zero-order valence-electron chi connectivity index (χ0n) is 18.8. The van der Waals surface area contributed by atoms with Crippen molar-refractivity contribution in [2.75, 3.05) is 11.9 Å². The highest BCUT2D eigenvalue weighted by Crippen LogP contribution is 2.44. The maximum absolute atomic E-state index is 13.9. The molecule has 6 rings (SSSR count). The van der Waals surface area contributed by atoms with Crippen molar-refractivity contribution in [1.29, 1.82) is 0 Å². The molecule has 0 bridgehead atoms. The summed E-state index contributed by atoms with van der Waals surface area (Å²) < 4.78 is 7.12. The smallest absolute Gasteiger partial charge is 0.276 e. The number of hydrogen-bond donors (Lipinski definition) is 0. The van der Waals surface area contributed by atoms with Crippen molar-refractivity contribution in [2.24, 2.45) is 0 Å². The molecule has 0 amide bonds. The molecule has 1 aliphatic heterocycles. The Labute approximate surface area is 209 Å². The summed E-state index contributed by atoms with van der Waals surface area (Å²) in [6, 6.07) is 26.7. The summed E-state index contributed by atoms with van der Waals surface area (Å²) in [5.74, 6) is 0. The number of fused-ring (bicyclic) bond motifs is 2. The summed E-state index contributed by atoms with van der Waals surface area (Å²) in [6.45, 7) is 3.03. The minimum absolute atomic E-state index is 0.0220. The van der Waals surface area contributed by atoms with E-state index >= 15 is 0 Å². The van der Waals surface area contributed by atoms with Crippen LogP contribution < -0.4 is 24.2 Å². The standard InChI is InChI=1S/C27H22N3OS3/c1-3-29-20-14-8-10-16-22(20)32-23(29)17-24-30(18-11-5-4-6-12-18)26(31)25(34-24)27-28(2)19-13-7-9-15-21(19)33-27/h4-17H,3H2,1-2H3/q+1/b27-25+. The van der Waals surface area contributed by atoms with Gasteiger partial charge in [0.25, 0.3) is 10.6 Å². The van der Waals surface area contributed by atoms with Gasteiger partial charge in [0.15, 0.2) is 0 Å². The van der Waals surface area contributed by atoms with Crippen LogP contribution in [0.1, 0.15) is 11.9 Å². The third kappa shape index (κ3) is 3.43. The molecule has 0 fully saturated rings. The van der Waals surface area contributed by atoms with Gasteiger partial charge in [0.2, 0.25) is 5.52 Å². The molecule has 2 aromatic heterocycles. The second-order valence-electron chi connectivity index (χ2n) is 7.98. The topological polar surface area (TPSA) is 29.1 Å². The lowest BCUT2D eigenvalue weighted by molar-refractivity contribution is -0.665. The molecule has 3 heterocycles. The van der Waals surface area contributed by atoms with E-state index in [-0.39, 0.29) is 5.56 Å². The lowest BCUT2D eigenvalue weighted by Gasteiger charge is -2.11. The Bertz CT molecular complexity index is 1710. The van der Waals surface area contributed by atoms with E-state index in [0.717, 1.165) is 37.2 Å². The second kappa shape index (κ2) is 8.58. The molecule has 7 heteroatoms. The van der Waals surface area contributed by atoms with Gasteiger partial charge in [0.1, 0.15) is 25.5 Å². The number of benzene rings is 3. The van der Waals surface area contributed by atoms with Crippen LogP contribution in [-0.2, 0) is 6.54 Å². The highest BCUT2D eigenvalue weighted by atomic mass is 32.2. The highest BCUT2D eigenvalue weighted by Gasteiger charge is 2.25. The monoisotopic (exact) mass is 500 g/mol. The number of aromatic nitrogens is 2. The van der Waals surface area contributed by atoms with Crippen LogP contribution in [-0.4, -0.2) is 11.6 Å². The molecule has 0 atom stereocenters. The SMILES string of the molecule is CC[n+]1c(/C=c2\s/c(=C3/Sc4ccccc4N3C)c(=O)n2-c2ccccc2)sc2ccccc21. The Hall–Kier alpha value is -3.13. The molecule has 4 nitrogen and oxygen atoms in total. The van der Waals surface area contributed by atoms with Gasteiger partial charge in [0, 0.05) is 18.0 Å². The number of rotatable bonds is 3. The number of anilines is 1. The number of aryl methyl sites for hydroxylation is 1. The Morgan fingerprint density at radius 2 is 1.65 bits per heavy atom. The molecule has 0 saturated carbocycles. The summed E-state index contributed by atoms with van der Waals surface area (Å²) in [4.78, 5) is 17.2. The van der Waals surface area contributed by atoms with Crippen molar-refractivity contribution in [1.82, 2.24) is 4.57 Å². The summed E-state index contributed by atoms with van der Waals surface area (Å²) in [5, 5.41) is 2.13. The zero-order valence-corrected chi connectivity index (χ0v) is 21.2. The summed E-state index contributed by atoms with van der Waals surface area (Å²) in [5.41, 5.74) is 3.27. The molecule has 3 aromatic carbocycles. The number of para-hydroxylation sites is 3. The van der Waals surface area contributed by atoms with Crippen molar-refractivity contribution in [3.63, 3.8) is 0 Å². The van der Waals surface area contributed by atoms with Crippen LogP contribution in [0.2, 0.25) is 0 Å². The van der Waals surface area contributed by atoms with Gasteiger partial charge >= 0.3 is 0 Å². The number of thiazole rings is 2. The van der Waals surface area contributed by atoms with E-state index in [1.165, 1.54) is 15.1 Å². The number of thioether (sulfide) groups is 1. The molecule has 0 spiro atoms. The summed E-state index contributed by atoms with van der Waals surface area (Å²) >= 11 is 5.00. The van der Waals surface area contributed by atoms with Crippen LogP contribution in [0.4, 0.5) is 5.69 Å². The molecule has 5 aromatic rings. The van der Waals surface area contributed by atoms with E-state index < -0.39 is 0 Å². The van der Waals surface area contributed by atoms with E-state index in [2.05, 4.69) is 58.9 Å².